The number of carbonyl (C=O) groups is 1. The third-order valence-electron chi connectivity index (χ3n) is 2.55. The summed E-state index contributed by atoms with van der Waals surface area (Å²) in [5.74, 6) is -1.72. The summed E-state index contributed by atoms with van der Waals surface area (Å²) in [6.07, 6.45) is 1.68. The lowest BCUT2D eigenvalue weighted by Gasteiger charge is -2.28. The van der Waals surface area contributed by atoms with Gasteiger partial charge in [-0.3, -0.25) is 0 Å². The quantitative estimate of drug-likeness (QED) is 0.842. The molecule has 3 nitrogen and oxygen atoms in total. The summed E-state index contributed by atoms with van der Waals surface area (Å²) >= 11 is 2.99. The van der Waals surface area contributed by atoms with Gasteiger partial charge in [-0.2, -0.15) is 0 Å². The molecule has 1 rings (SSSR count). The number of carboxylic acids is 1. The minimum absolute atomic E-state index is 0.0257. The highest BCUT2D eigenvalue weighted by molar-refractivity contribution is 9.10. The monoisotopic (exact) mass is 315 g/mol. The fourth-order valence-electron chi connectivity index (χ4n) is 1.65. The van der Waals surface area contributed by atoms with Gasteiger partial charge in [0.25, 0.3) is 0 Å². The van der Waals surface area contributed by atoms with E-state index in [9.17, 15) is 9.18 Å². The largest absolute Gasteiger partial charge is 0.478 e. The van der Waals surface area contributed by atoms with Crippen molar-refractivity contribution in [3.63, 3.8) is 0 Å². The zero-order valence-electron chi connectivity index (χ0n) is 10.3. The van der Waals surface area contributed by atoms with Gasteiger partial charge in [0, 0.05) is 12.6 Å². The van der Waals surface area contributed by atoms with Crippen molar-refractivity contribution in [3.8, 4) is 0 Å². The molecule has 0 radical (unpaired) electrons. The van der Waals surface area contributed by atoms with Crippen LogP contribution in [-0.4, -0.2) is 23.7 Å². The van der Waals surface area contributed by atoms with E-state index in [2.05, 4.69) is 22.5 Å². The third kappa shape index (κ3) is 2.90. The first-order valence-electron chi connectivity index (χ1n) is 5.49. The van der Waals surface area contributed by atoms with Crippen LogP contribution in [0.1, 0.15) is 24.2 Å². The predicted molar refractivity (Wildman–Crippen MR) is 73.7 cm³/mol. The Kier molecular flexibility index (Phi) is 4.90. The fraction of sp³-hybridized carbons (Fsp3) is 0.308. The van der Waals surface area contributed by atoms with Gasteiger partial charge in [0.2, 0.25) is 0 Å². The molecule has 0 aliphatic carbocycles. The van der Waals surface area contributed by atoms with E-state index in [0.29, 0.717) is 12.2 Å². The zero-order chi connectivity index (χ0) is 13.9. The van der Waals surface area contributed by atoms with Gasteiger partial charge in [-0.15, -0.1) is 6.58 Å². The number of halogens is 2. The summed E-state index contributed by atoms with van der Waals surface area (Å²) in [6.45, 7) is 7.99. The van der Waals surface area contributed by atoms with Crippen LogP contribution in [0, 0.1) is 5.82 Å². The zero-order valence-corrected chi connectivity index (χ0v) is 11.9. The molecule has 0 aliphatic heterocycles. The number of benzene rings is 1. The molecule has 0 heterocycles. The van der Waals surface area contributed by atoms with Gasteiger partial charge in [-0.25, -0.2) is 9.18 Å². The molecular formula is C13H15BrFNO2. The van der Waals surface area contributed by atoms with Crippen LogP contribution in [0.4, 0.5) is 10.1 Å². The predicted octanol–water partition coefficient (Wildman–Crippen LogP) is 3.69. The molecule has 0 unspecified atom stereocenters. The maximum Gasteiger partial charge on any atom is 0.336 e. The van der Waals surface area contributed by atoms with Crippen LogP contribution >= 0.6 is 15.9 Å². The average Bonchev–Trinajstić information content (AvgIpc) is 2.29. The molecule has 0 saturated carbocycles. The molecule has 1 aromatic rings. The van der Waals surface area contributed by atoms with Crippen molar-refractivity contribution in [2.75, 3.05) is 11.4 Å². The van der Waals surface area contributed by atoms with Crippen LogP contribution in [-0.2, 0) is 0 Å². The number of rotatable bonds is 5. The Morgan fingerprint density at radius 3 is 2.67 bits per heavy atom. The molecular weight excluding hydrogens is 301 g/mol. The van der Waals surface area contributed by atoms with Gasteiger partial charge >= 0.3 is 5.97 Å². The van der Waals surface area contributed by atoms with Gasteiger partial charge < -0.3 is 10.0 Å². The summed E-state index contributed by atoms with van der Waals surface area (Å²) < 4.78 is 14.1. The van der Waals surface area contributed by atoms with Crippen LogP contribution in [0.3, 0.4) is 0 Å². The number of nitrogens with zero attached hydrogens (tertiary/aromatic N) is 1. The summed E-state index contributed by atoms with van der Waals surface area (Å²) in [5.41, 5.74) is 0.278. The SMILES string of the molecule is C=CCN(c1ccc(C(=O)O)c(Br)c1F)C(C)C. The maximum atomic E-state index is 14.2. The minimum Gasteiger partial charge on any atom is -0.478 e. The normalized spacial score (nSPS) is 10.5. The van der Waals surface area contributed by atoms with Crippen LogP contribution in [0.15, 0.2) is 29.3 Å². The van der Waals surface area contributed by atoms with Gasteiger partial charge in [-0.05, 0) is 41.9 Å². The molecule has 0 amide bonds. The van der Waals surface area contributed by atoms with Gasteiger partial charge in [0.15, 0.2) is 5.82 Å². The first-order valence-corrected chi connectivity index (χ1v) is 6.28. The Balaban J connectivity index is 3.29. The molecule has 5 heteroatoms. The lowest BCUT2D eigenvalue weighted by atomic mass is 10.1. The van der Waals surface area contributed by atoms with Gasteiger partial charge in [0.05, 0.1) is 15.7 Å². The second kappa shape index (κ2) is 6.00. The van der Waals surface area contributed by atoms with Crippen molar-refractivity contribution < 1.29 is 14.3 Å². The van der Waals surface area contributed by atoms with Crippen molar-refractivity contribution in [2.45, 2.75) is 19.9 Å². The van der Waals surface area contributed by atoms with Gasteiger partial charge in [-0.1, -0.05) is 6.08 Å². The Hall–Kier alpha value is -1.36. The van der Waals surface area contributed by atoms with Crippen LogP contribution in [0.5, 0.6) is 0 Å². The Bertz CT molecular complexity index is 474. The molecule has 18 heavy (non-hydrogen) atoms. The minimum atomic E-state index is -1.16. The lowest BCUT2D eigenvalue weighted by molar-refractivity contribution is 0.0695. The highest BCUT2D eigenvalue weighted by atomic mass is 79.9. The molecule has 0 bridgehead atoms. The number of hydrogen-bond donors (Lipinski definition) is 1. The molecule has 0 fully saturated rings. The first kappa shape index (κ1) is 14.7. The lowest BCUT2D eigenvalue weighted by Crippen LogP contribution is -2.31. The first-order chi connectivity index (χ1) is 8.40. The van der Waals surface area contributed by atoms with E-state index in [4.69, 9.17) is 5.11 Å². The standard InChI is InChI=1S/C13H15BrFNO2/c1-4-7-16(8(2)3)10-6-5-9(13(17)18)11(14)12(10)15/h4-6,8H,1,7H2,2-3H3,(H,17,18). The topological polar surface area (TPSA) is 40.5 Å². The van der Waals surface area contributed by atoms with Gasteiger partial charge in [0.1, 0.15) is 0 Å². The van der Waals surface area contributed by atoms with E-state index in [1.54, 1.807) is 11.0 Å². The number of hydrogen-bond acceptors (Lipinski definition) is 2. The Morgan fingerprint density at radius 1 is 1.61 bits per heavy atom. The van der Waals surface area contributed by atoms with Crippen molar-refractivity contribution in [2.24, 2.45) is 0 Å². The molecule has 1 aromatic carbocycles. The van der Waals surface area contributed by atoms with Crippen molar-refractivity contribution in [1.29, 1.82) is 0 Å². The molecule has 0 spiro atoms. The van der Waals surface area contributed by atoms with Crippen LogP contribution in [0.25, 0.3) is 0 Å². The summed E-state index contributed by atoms with van der Waals surface area (Å²) in [4.78, 5) is 12.7. The Labute approximate surface area is 114 Å². The summed E-state index contributed by atoms with van der Waals surface area (Å²) in [6, 6.07) is 2.95. The summed E-state index contributed by atoms with van der Waals surface area (Å²) in [7, 11) is 0. The number of carboxylic acid groups (broad SMARTS) is 1. The maximum absolute atomic E-state index is 14.2. The van der Waals surface area contributed by atoms with E-state index >= 15 is 0 Å². The third-order valence-corrected chi connectivity index (χ3v) is 3.33. The van der Waals surface area contributed by atoms with Crippen LogP contribution in [0.2, 0.25) is 0 Å². The van der Waals surface area contributed by atoms with E-state index in [0.717, 1.165) is 0 Å². The fourth-order valence-corrected chi connectivity index (χ4v) is 2.16. The molecule has 0 atom stereocenters. The summed E-state index contributed by atoms with van der Waals surface area (Å²) in [5, 5.41) is 8.91. The van der Waals surface area contributed by atoms with E-state index in [-0.39, 0.29) is 16.1 Å². The van der Waals surface area contributed by atoms with Crippen molar-refractivity contribution in [3.05, 3.63) is 40.6 Å². The highest BCUT2D eigenvalue weighted by Gasteiger charge is 2.20. The number of aromatic carboxylic acids is 1. The van der Waals surface area contributed by atoms with Crippen LogP contribution < -0.4 is 4.90 Å². The molecule has 0 aromatic heterocycles. The Morgan fingerprint density at radius 2 is 2.22 bits per heavy atom. The molecule has 1 N–H and O–H groups in total. The second-order valence-electron chi connectivity index (χ2n) is 4.10. The van der Waals surface area contributed by atoms with E-state index < -0.39 is 11.8 Å². The number of anilines is 1. The second-order valence-corrected chi connectivity index (χ2v) is 4.89. The molecule has 0 saturated heterocycles. The van der Waals surface area contributed by atoms with E-state index in [1.165, 1.54) is 12.1 Å². The molecule has 98 valence electrons. The highest BCUT2D eigenvalue weighted by Crippen LogP contribution is 2.30. The molecule has 0 aliphatic rings. The van der Waals surface area contributed by atoms with Crippen molar-refractivity contribution in [1.82, 2.24) is 0 Å². The van der Waals surface area contributed by atoms with Crippen molar-refractivity contribution >= 4 is 27.6 Å². The smallest absolute Gasteiger partial charge is 0.336 e. The van der Waals surface area contributed by atoms with E-state index in [1.807, 2.05) is 13.8 Å². The average molecular weight is 316 g/mol.